The van der Waals surface area contributed by atoms with Gasteiger partial charge < -0.3 is 15.7 Å². The fraction of sp³-hybridized carbons (Fsp3) is 0.533. The molecule has 1 saturated heterocycles. The molecule has 1 fully saturated rings. The Balaban J connectivity index is 1.97. The first kappa shape index (κ1) is 13.9. The zero-order chi connectivity index (χ0) is 15.0. The summed E-state index contributed by atoms with van der Waals surface area (Å²) in [4.78, 5) is 29.4. The maximum atomic E-state index is 11.7. The first-order chi connectivity index (χ1) is 10.1. The van der Waals surface area contributed by atoms with Gasteiger partial charge in [-0.05, 0) is 43.7 Å². The monoisotopic (exact) mass is 289 g/mol. The van der Waals surface area contributed by atoms with E-state index < -0.39 is 17.8 Å². The molecule has 2 heterocycles. The molecule has 0 aromatic carbocycles. The highest BCUT2D eigenvalue weighted by Crippen LogP contribution is 2.30. The summed E-state index contributed by atoms with van der Waals surface area (Å²) in [5, 5.41) is 9.20. The van der Waals surface area contributed by atoms with Gasteiger partial charge in [0.25, 0.3) is 5.91 Å². The van der Waals surface area contributed by atoms with Gasteiger partial charge in [0.2, 0.25) is 0 Å². The number of carboxylic acids is 1. The predicted octanol–water partition coefficient (Wildman–Crippen LogP) is 0.970. The van der Waals surface area contributed by atoms with Crippen LogP contribution >= 0.6 is 0 Å². The summed E-state index contributed by atoms with van der Waals surface area (Å²) in [5.41, 5.74) is 8.02. The van der Waals surface area contributed by atoms with Crippen LogP contribution in [0.2, 0.25) is 0 Å². The summed E-state index contributed by atoms with van der Waals surface area (Å²) in [7, 11) is 0. The van der Waals surface area contributed by atoms with Gasteiger partial charge >= 0.3 is 5.97 Å². The molecule has 1 unspecified atom stereocenters. The van der Waals surface area contributed by atoms with Crippen LogP contribution in [-0.2, 0) is 17.6 Å². The Hall–Kier alpha value is -2.11. The molecule has 0 spiro atoms. The molecule has 2 aliphatic rings. The number of fused-ring (bicyclic) bond motifs is 1. The van der Waals surface area contributed by atoms with Gasteiger partial charge in [-0.15, -0.1) is 0 Å². The van der Waals surface area contributed by atoms with Crippen molar-refractivity contribution in [3.63, 3.8) is 0 Å². The number of hydrogen-bond acceptors (Lipinski definition) is 4. The highest BCUT2D eigenvalue weighted by Gasteiger charge is 2.29. The van der Waals surface area contributed by atoms with Crippen molar-refractivity contribution in [2.24, 2.45) is 11.7 Å². The summed E-state index contributed by atoms with van der Waals surface area (Å²) in [6, 6.07) is 1.84. The normalized spacial score (nSPS) is 21.1. The number of aromatic nitrogens is 1. The molecule has 3 rings (SSSR count). The maximum absolute atomic E-state index is 11.7. The number of pyridine rings is 1. The van der Waals surface area contributed by atoms with Crippen molar-refractivity contribution in [3.8, 4) is 0 Å². The summed E-state index contributed by atoms with van der Waals surface area (Å²) < 4.78 is 0. The molecule has 0 radical (unpaired) electrons. The van der Waals surface area contributed by atoms with Crippen molar-refractivity contribution in [3.05, 3.63) is 22.9 Å². The smallest absolute Gasteiger partial charge is 0.308 e. The van der Waals surface area contributed by atoms with Gasteiger partial charge in [0, 0.05) is 18.8 Å². The van der Waals surface area contributed by atoms with Gasteiger partial charge in [0.05, 0.1) is 11.5 Å². The fourth-order valence-corrected chi connectivity index (χ4v) is 3.25. The standard InChI is InChI=1S/C15H19N3O3/c16-13(19)11-7-9-3-1-5-12(9)17-14(11)18-6-2-4-10(8-18)15(20)21/h7,10H,1-6,8H2,(H2,16,19)(H,20,21). The summed E-state index contributed by atoms with van der Waals surface area (Å²) >= 11 is 0. The Kier molecular flexibility index (Phi) is 3.53. The van der Waals surface area contributed by atoms with Crippen molar-refractivity contribution >= 4 is 17.7 Å². The van der Waals surface area contributed by atoms with Gasteiger partial charge in [-0.1, -0.05) is 0 Å². The Morgan fingerprint density at radius 1 is 1.33 bits per heavy atom. The van der Waals surface area contributed by atoms with Crippen molar-refractivity contribution in [1.82, 2.24) is 4.98 Å². The number of aryl methyl sites for hydroxylation is 2. The summed E-state index contributed by atoms with van der Waals surface area (Å²) in [6.07, 6.45) is 4.34. The average Bonchev–Trinajstić information content (AvgIpc) is 2.93. The molecule has 0 bridgehead atoms. The van der Waals surface area contributed by atoms with Crippen LogP contribution in [0, 0.1) is 5.92 Å². The number of anilines is 1. The van der Waals surface area contributed by atoms with Gasteiger partial charge in [-0.3, -0.25) is 9.59 Å². The maximum Gasteiger partial charge on any atom is 0.308 e. The molecule has 1 atom stereocenters. The fourth-order valence-electron chi connectivity index (χ4n) is 3.25. The Morgan fingerprint density at radius 3 is 2.86 bits per heavy atom. The molecule has 1 aromatic heterocycles. The zero-order valence-electron chi connectivity index (χ0n) is 11.8. The van der Waals surface area contributed by atoms with E-state index in [0.29, 0.717) is 24.3 Å². The number of rotatable bonds is 3. The number of carbonyl (C=O) groups is 2. The molecule has 0 saturated carbocycles. The number of primary amides is 1. The van der Waals surface area contributed by atoms with E-state index >= 15 is 0 Å². The lowest BCUT2D eigenvalue weighted by Crippen LogP contribution is -2.40. The first-order valence-corrected chi connectivity index (χ1v) is 7.36. The second kappa shape index (κ2) is 5.35. The lowest BCUT2D eigenvalue weighted by Gasteiger charge is -2.32. The third-order valence-corrected chi connectivity index (χ3v) is 4.37. The van der Waals surface area contributed by atoms with Crippen LogP contribution < -0.4 is 10.6 Å². The third-order valence-electron chi connectivity index (χ3n) is 4.37. The van der Waals surface area contributed by atoms with Crippen molar-refractivity contribution < 1.29 is 14.7 Å². The van der Waals surface area contributed by atoms with E-state index in [1.807, 2.05) is 11.0 Å². The Bertz CT molecular complexity index is 600. The molecular weight excluding hydrogens is 270 g/mol. The number of nitrogens with zero attached hydrogens (tertiary/aromatic N) is 2. The largest absolute Gasteiger partial charge is 0.481 e. The second-order valence-corrected chi connectivity index (χ2v) is 5.81. The van der Waals surface area contributed by atoms with Crippen LogP contribution in [0.25, 0.3) is 0 Å². The van der Waals surface area contributed by atoms with Crippen molar-refractivity contribution in [2.75, 3.05) is 18.0 Å². The van der Waals surface area contributed by atoms with Gasteiger partial charge in [-0.25, -0.2) is 4.98 Å². The number of piperidine rings is 1. The molecule has 112 valence electrons. The van der Waals surface area contributed by atoms with Crippen molar-refractivity contribution in [1.29, 1.82) is 0 Å². The molecule has 1 amide bonds. The second-order valence-electron chi connectivity index (χ2n) is 5.81. The molecular formula is C15H19N3O3. The van der Waals surface area contributed by atoms with Gasteiger partial charge in [0.1, 0.15) is 5.82 Å². The number of carboxylic acid groups (broad SMARTS) is 1. The molecule has 6 heteroatoms. The number of hydrogen-bond donors (Lipinski definition) is 2. The third kappa shape index (κ3) is 2.57. The molecule has 21 heavy (non-hydrogen) atoms. The molecule has 6 nitrogen and oxygen atoms in total. The van der Waals surface area contributed by atoms with E-state index in [4.69, 9.17) is 5.73 Å². The lowest BCUT2D eigenvalue weighted by atomic mass is 9.97. The molecule has 1 aliphatic carbocycles. The van der Waals surface area contributed by atoms with Crippen molar-refractivity contribution in [2.45, 2.75) is 32.1 Å². The summed E-state index contributed by atoms with van der Waals surface area (Å²) in [6.45, 7) is 1.11. The van der Waals surface area contributed by atoms with E-state index in [0.717, 1.165) is 43.5 Å². The number of aliphatic carboxylic acids is 1. The zero-order valence-corrected chi connectivity index (χ0v) is 11.8. The highest BCUT2D eigenvalue weighted by atomic mass is 16.4. The number of carbonyl (C=O) groups excluding carboxylic acids is 1. The number of amides is 1. The lowest BCUT2D eigenvalue weighted by molar-refractivity contribution is -0.141. The Morgan fingerprint density at radius 2 is 2.14 bits per heavy atom. The first-order valence-electron chi connectivity index (χ1n) is 7.36. The quantitative estimate of drug-likeness (QED) is 0.864. The van der Waals surface area contributed by atoms with Crippen LogP contribution in [0.4, 0.5) is 5.82 Å². The van der Waals surface area contributed by atoms with Crippen LogP contribution in [0.15, 0.2) is 6.07 Å². The SMILES string of the molecule is NC(=O)c1cc2c(nc1N1CCCC(C(=O)O)C1)CCC2. The molecule has 1 aromatic rings. The van der Waals surface area contributed by atoms with E-state index in [-0.39, 0.29) is 0 Å². The minimum absolute atomic E-state index is 0.390. The number of nitrogens with two attached hydrogens (primary N) is 1. The van der Waals surface area contributed by atoms with E-state index in [1.54, 1.807) is 0 Å². The summed E-state index contributed by atoms with van der Waals surface area (Å²) in [5.74, 6) is -1.13. The Labute approximate surface area is 123 Å². The average molecular weight is 289 g/mol. The van der Waals surface area contributed by atoms with E-state index in [9.17, 15) is 14.7 Å². The molecule has 3 N–H and O–H groups in total. The van der Waals surface area contributed by atoms with Crippen LogP contribution in [0.3, 0.4) is 0 Å². The van der Waals surface area contributed by atoms with Gasteiger partial charge in [0.15, 0.2) is 0 Å². The van der Waals surface area contributed by atoms with Crippen LogP contribution in [0.5, 0.6) is 0 Å². The van der Waals surface area contributed by atoms with E-state index in [1.165, 1.54) is 0 Å². The van der Waals surface area contributed by atoms with Gasteiger partial charge in [-0.2, -0.15) is 0 Å². The van der Waals surface area contributed by atoms with Crippen LogP contribution in [0.1, 0.15) is 40.9 Å². The minimum Gasteiger partial charge on any atom is -0.481 e. The van der Waals surface area contributed by atoms with E-state index in [2.05, 4.69) is 4.98 Å². The topological polar surface area (TPSA) is 96.5 Å². The highest BCUT2D eigenvalue weighted by molar-refractivity contribution is 5.98. The predicted molar refractivity (Wildman–Crippen MR) is 77.4 cm³/mol. The van der Waals surface area contributed by atoms with Crippen LogP contribution in [-0.4, -0.2) is 35.1 Å². The minimum atomic E-state index is -0.790. The molecule has 1 aliphatic heterocycles.